The zero-order valence-electron chi connectivity index (χ0n) is 28.5. The van der Waals surface area contributed by atoms with E-state index in [2.05, 4.69) is 33.7 Å². The van der Waals surface area contributed by atoms with Gasteiger partial charge in [-0.05, 0) is 48.9 Å². The molecule has 2 aliphatic carbocycles. The third-order valence-corrected chi connectivity index (χ3v) is 9.40. The Labute approximate surface area is 294 Å². The fraction of sp³-hybridized carbons (Fsp3) is 0.333. The molecule has 260 valence electrons. The maximum Gasteiger partial charge on any atom is 0.303 e. The van der Waals surface area contributed by atoms with Gasteiger partial charge in [0.2, 0.25) is 0 Å². The van der Waals surface area contributed by atoms with Crippen molar-refractivity contribution in [2.45, 2.75) is 64.5 Å². The first-order valence-corrected chi connectivity index (χ1v) is 17.6. The van der Waals surface area contributed by atoms with Gasteiger partial charge in [-0.1, -0.05) is 91.4 Å². The van der Waals surface area contributed by atoms with Gasteiger partial charge in [0.25, 0.3) is 0 Å². The van der Waals surface area contributed by atoms with Gasteiger partial charge in [-0.3, -0.25) is 14.4 Å². The van der Waals surface area contributed by atoms with Crippen molar-refractivity contribution >= 4 is 34.7 Å². The molecule has 3 N–H and O–H groups in total. The van der Waals surface area contributed by atoms with Gasteiger partial charge in [-0.25, -0.2) is 4.58 Å². The molecular weight excluding hydrogens is 628 g/mol. The fourth-order valence-corrected chi connectivity index (χ4v) is 6.66. The summed E-state index contributed by atoms with van der Waals surface area (Å²) in [5.74, 6) is -2.35. The first-order chi connectivity index (χ1) is 24.3. The molecule has 0 saturated heterocycles. The third kappa shape index (κ3) is 9.91. The predicted molar refractivity (Wildman–Crippen MR) is 196 cm³/mol. The minimum Gasteiger partial charge on any atom is -0.511 e. The molecule has 8 nitrogen and oxygen atoms in total. The number of hydrogen-bond acceptors (Lipinski definition) is 5. The smallest absolute Gasteiger partial charge is 0.303 e. The van der Waals surface area contributed by atoms with E-state index in [0.717, 1.165) is 56.7 Å². The summed E-state index contributed by atoms with van der Waals surface area (Å²) in [6, 6.07) is 28.2. The zero-order chi connectivity index (χ0) is 35.3. The van der Waals surface area contributed by atoms with Crippen LogP contribution in [0.25, 0.3) is 5.57 Å². The highest BCUT2D eigenvalue weighted by Crippen LogP contribution is 2.42. The molecular formula is C42H47N2O6+. The predicted octanol–water partition coefficient (Wildman–Crippen LogP) is 7.85. The molecule has 0 fully saturated rings. The lowest BCUT2D eigenvalue weighted by molar-refractivity contribution is -0.543. The Morgan fingerprint density at radius 1 is 0.700 bits per heavy atom. The SMILES string of the molecule is O=C(O)CCCCCN(Cc1ccccc1)c1ccc(C2=C(O)C(C3C=CC(=[N+](CCCCCC(=O)O)Cc4ccccc4)C=C3)C2=O)cc1. The number of unbranched alkanes of at least 4 members (excludes halogenated alkanes) is 4. The molecule has 0 bridgehead atoms. The van der Waals surface area contributed by atoms with E-state index in [9.17, 15) is 19.5 Å². The molecule has 0 aliphatic heterocycles. The molecule has 0 saturated carbocycles. The minimum atomic E-state index is -0.769. The number of carbonyl (C=O) groups is 3. The number of nitrogens with zero attached hydrogens (tertiary/aromatic N) is 2. The van der Waals surface area contributed by atoms with Gasteiger partial charge in [-0.15, -0.1) is 0 Å². The van der Waals surface area contributed by atoms with Crippen molar-refractivity contribution in [3.8, 4) is 0 Å². The number of carboxylic acids is 2. The van der Waals surface area contributed by atoms with Crippen molar-refractivity contribution in [3.05, 3.63) is 132 Å². The van der Waals surface area contributed by atoms with Crippen LogP contribution >= 0.6 is 0 Å². The number of aliphatic carboxylic acids is 2. The second-order valence-corrected chi connectivity index (χ2v) is 13.1. The Kier molecular flexibility index (Phi) is 12.9. The number of aliphatic hydroxyl groups is 1. The molecule has 8 heteroatoms. The van der Waals surface area contributed by atoms with Crippen LogP contribution in [0.5, 0.6) is 0 Å². The molecule has 1 atom stereocenters. The topological polar surface area (TPSA) is 118 Å². The largest absolute Gasteiger partial charge is 0.511 e. The summed E-state index contributed by atoms with van der Waals surface area (Å²) in [5, 5.41) is 29.1. The number of hydrogen-bond donors (Lipinski definition) is 3. The molecule has 3 aromatic rings. The lowest BCUT2D eigenvalue weighted by Crippen LogP contribution is -2.36. The van der Waals surface area contributed by atoms with Gasteiger partial charge in [0.15, 0.2) is 18.0 Å². The molecule has 0 spiro atoms. The van der Waals surface area contributed by atoms with Crippen molar-refractivity contribution < 1.29 is 34.3 Å². The molecule has 0 aromatic heterocycles. The molecule has 2 aliphatic rings. The molecule has 1 unspecified atom stereocenters. The summed E-state index contributed by atoms with van der Waals surface area (Å²) in [7, 11) is 0. The quantitative estimate of drug-likeness (QED) is 0.0875. The Morgan fingerprint density at radius 2 is 1.28 bits per heavy atom. The normalized spacial score (nSPS) is 16.7. The van der Waals surface area contributed by atoms with Crippen LogP contribution in [-0.2, 0) is 27.5 Å². The average molecular weight is 676 g/mol. The summed E-state index contributed by atoms with van der Waals surface area (Å²) >= 11 is 0. The first kappa shape index (κ1) is 36.1. The van der Waals surface area contributed by atoms with Crippen molar-refractivity contribution in [3.63, 3.8) is 0 Å². The van der Waals surface area contributed by atoms with Gasteiger partial charge >= 0.3 is 11.9 Å². The van der Waals surface area contributed by atoms with Crippen molar-refractivity contribution in [1.82, 2.24) is 0 Å². The maximum absolute atomic E-state index is 13.5. The Morgan fingerprint density at radius 3 is 1.86 bits per heavy atom. The Bertz CT molecular complexity index is 1730. The molecule has 50 heavy (non-hydrogen) atoms. The van der Waals surface area contributed by atoms with Gasteiger partial charge in [0.1, 0.15) is 12.3 Å². The second kappa shape index (κ2) is 18.0. The number of Topliss-reactive ketones (excluding diaryl/α,β-unsaturated/α-hetero) is 1. The zero-order valence-corrected chi connectivity index (χ0v) is 28.5. The fourth-order valence-electron chi connectivity index (χ4n) is 6.66. The highest BCUT2D eigenvalue weighted by Gasteiger charge is 2.44. The molecule has 5 rings (SSSR count). The van der Waals surface area contributed by atoms with Gasteiger partial charge in [0.05, 0.1) is 11.5 Å². The highest BCUT2D eigenvalue weighted by molar-refractivity contribution is 6.30. The summed E-state index contributed by atoms with van der Waals surface area (Å²) in [5.41, 5.74) is 5.44. The molecule has 0 amide bonds. The standard InChI is InChI=1S/C42H46N2O6/c45-37(46)17-9-3-11-27-43(29-31-13-5-1-6-14-31)35-23-19-33(20-24-35)39-41(49)40(42(39)50)34-21-25-36(26-22-34)44(28-12-4-10-18-38(47)48)30-32-15-7-2-8-16-32/h1-2,5-8,13-16,19-26,33,39H,3-4,9-12,17-18,27-30H2,(H2-,45,46,47,48,49,50)/p+1. The average Bonchev–Trinajstić information content (AvgIpc) is 3.12. The summed E-state index contributed by atoms with van der Waals surface area (Å²) in [6.07, 6.45) is 13.1. The van der Waals surface area contributed by atoms with Crippen molar-refractivity contribution in [2.75, 3.05) is 18.0 Å². The van der Waals surface area contributed by atoms with Crippen molar-refractivity contribution in [2.24, 2.45) is 11.8 Å². The minimum absolute atomic E-state index is 0.0721. The van der Waals surface area contributed by atoms with E-state index in [1.165, 1.54) is 11.1 Å². The van der Waals surface area contributed by atoms with Crippen LogP contribution in [0.15, 0.2) is 115 Å². The van der Waals surface area contributed by atoms with E-state index < -0.39 is 17.9 Å². The third-order valence-electron chi connectivity index (χ3n) is 9.40. The first-order valence-electron chi connectivity index (χ1n) is 17.6. The number of aliphatic hydroxyl groups excluding tert-OH is 1. The number of allylic oxidation sites excluding steroid dienone is 6. The van der Waals surface area contributed by atoms with E-state index >= 15 is 0 Å². The van der Waals surface area contributed by atoms with Crippen LogP contribution in [-0.4, -0.2) is 56.4 Å². The number of benzene rings is 3. The van der Waals surface area contributed by atoms with Gasteiger partial charge in [0, 0.05) is 61.7 Å². The maximum atomic E-state index is 13.5. The van der Waals surface area contributed by atoms with Crippen LogP contribution in [0.2, 0.25) is 0 Å². The molecule has 0 heterocycles. The van der Waals surface area contributed by atoms with Crippen LogP contribution < -0.4 is 4.90 Å². The number of carbonyl (C=O) groups excluding carboxylic acids is 1. The van der Waals surface area contributed by atoms with E-state index in [0.29, 0.717) is 30.5 Å². The van der Waals surface area contributed by atoms with E-state index in [1.807, 2.05) is 85.0 Å². The van der Waals surface area contributed by atoms with E-state index in [1.54, 1.807) is 0 Å². The molecule has 3 aromatic carbocycles. The summed E-state index contributed by atoms with van der Waals surface area (Å²) < 4.78 is 2.28. The summed E-state index contributed by atoms with van der Waals surface area (Å²) in [6.45, 7) is 2.98. The number of ketones is 1. The number of anilines is 1. The van der Waals surface area contributed by atoms with E-state index in [-0.39, 0.29) is 30.3 Å². The van der Waals surface area contributed by atoms with E-state index in [4.69, 9.17) is 10.2 Å². The Balaban J connectivity index is 1.25. The van der Waals surface area contributed by atoms with Crippen LogP contribution in [0.4, 0.5) is 5.69 Å². The van der Waals surface area contributed by atoms with Crippen LogP contribution in [0.3, 0.4) is 0 Å². The van der Waals surface area contributed by atoms with Crippen LogP contribution in [0, 0.1) is 11.8 Å². The van der Waals surface area contributed by atoms with Crippen LogP contribution in [0.1, 0.15) is 68.1 Å². The lowest BCUT2D eigenvalue weighted by atomic mass is 9.71. The summed E-state index contributed by atoms with van der Waals surface area (Å²) in [4.78, 5) is 37.6. The number of carboxylic acid groups (broad SMARTS) is 2. The Hall–Kier alpha value is -5.24. The van der Waals surface area contributed by atoms with Gasteiger partial charge < -0.3 is 20.2 Å². The second-order valence-electron chi connectivity index (χ2n) is 13.1. The monoisotopic (exact) mass is 675 g/mol. The van der Waals surface area contributed by atoms with Gasteiger partial charge in [-0.2, -0.15) is 0 Å². The number of rotatable bonds is 19. The molecule has 0 radical (unpaired) electrons. The lowest BCUT2D eigenvalue weighted by Gasteiger charge is -2.32. The van der Waals surface area contributed by atoms with Crippen molar-refractivity contribution in [1.29, 1.82) is 0 Å². The highest BCUT2D eigenvalue weighted by atomic mass is 16.4.